The Morgan fingerprint density at radius 1 is 0.636 bits per heavy atom. The second-order valence-corrected chi connectivity index (χ2v) is 8.91. The standard InChI is InChI=1S/2C8H14O3.2C4H9O.Ti/c2*1-4-8(5-2,6(3)9)7(10)11;2*1-2-3-4-5;/h2*4-5H2,1-3H3,(H,10,11);2*2-4H2,1H3;/q;;2*-1;+4/p-2. The summed E-state index contributed by atoms with van der Waals surface area (Å²) in [5.74, 6) is -3.14. The van der Waals surface area contributed by atoms with Crippen LogP contribution in [0, 0.1) is 10.8 Å². The van der Waals surface area contributed by atoms with Gasteiger partial charge in [0.2, 0.25) is 0 Å². The minimum atomic E-state index is -1.25. The van der Waals surface area contributed by atoms with Crippen LogP contribution in [0.15, 0.2) is 0 Å². The molecule has 0 aliphatic heterocycles. The van der Waals surface area contributed by atoms with Crippen LogP contribution in [0.2, 0.25) is 0 Å². The molecule has 0 amide bonds. The zero-order chi connectivity index (χ0) is 26.5. The molecule has 0 aliphatic rings. The first kappa shape index (κ1) is 36.5. The molecule has 0 aliphatic carbocycles. The first-order chi connectivity index (χ1) is 15.4. The summed E-state index contributed by atoms with van der Waals surface area (Å²) in [5.41, 5.74) is -2.50. The van der Waals surface area contributed by atoms with Gasteiger partial charge in [0, 0.05) is 0 Å². The Hall–Kier alpha value is -1.09. The summed E-state index contributed by atoms with van der Waals surface area (Å²) in [4.78, 5) is 43.1. The van der Waals surface area contributed by atoms with E-state index in [0.717, 1.165) is 13.2 Å². The van der Waals surface area contributed by atoms with Crippen molar-refractivity contribution < 1.29 is 56.0 Å². The number of hydrogen-bond acceptors (Lipinski definition) is 8. The van der Waals surface area contributed by atoms with Crippen molar-refractivity contribution in [2.75, 3.05) is 13.2 Å². The second kappa shape index (κ2) is 21.4. The van der Waals surface area contributed by atoms with E-state index in [2.05, 4.69) is 13.8 Å². The van der Waals surface area contributed by atoms with Crippen LogP contribution in [0.3, 0.4) is 0 Å². The van der Waals surface area contributed by atoms with E-state index >= 15 is 0 Å². The molecule has 0 saturated heterocycles. The monoisotopic (exact) mass is 508 g/mol. The Balaban J connectivity index is -0.000000409. The maximum absolute atomic E-state index is 10.9. The molecule has 0 saturated carbocycles. The van der Waals surface area contributed by atoms with Crippen LogP contribution in [0.25, 0.3) is 0 Å². The van der Waals surface area contributed by atoms with Crippen molar-refractivity contribution in [2.24, 2.45) is 10.8 Å². The van der Waals surface area contributed by atoms with E-state index in [-0.39, 0.29) is 11.6 Å². The number of Topliss-reactive ketones (excluding diaryl/α,β-unsaturated/α-hetero) is 2. The fourth-order valence-corrected chi connectivity index (χ4v) is 3.76. The van der Waals surface area contributed by atoms with E-state index in [1.807, 2.05) is 0 Å². The van der Waals surface area contributed by atoms with E-state index in [9.17, 15) is 29.4 Å². The number of hydrogen-bond donors (Lipinski definition) is 0. The average molecular weight is 508 g/mol. The molecule has 0 radical (unpaired) electrons. The number of carboxylic acid groups (broad SMARTS) is 2. The van der Waals surface area contributed by atoms with Crippen molar-refractivity contribution in [3.8, 4) is 0 Å². The van der Waals surface area contributed by atoms with Crippen LogP contribution in [0.5, 0.6) is 0 Å². The fourth-order valence-electron chi connectivity index (χ4n) is 2.92. The normalized spacial score (nSPS) is 10.7. The van der Waals surface area contributed by atoms with Crippen molar-refractivity contribution in [3.05, 3.63) is 0 Å². The van der Waals surface area contributed by atoms with Gasteiger partial charge in [0.1, 0.15) is 11.6 Å². The van der Waals surface area contributed by atoms with Gasteiger partial charge in [0.15, 0.2) is 0 Å². The van der Waals surface area contributed by atoms with Crippen LogP contribution in [-0.2, 0) is 45.7 Å². The molecule has 33 heavy (non-hydrogen) atoms. The van der Waals surface area contributed by atoms with Gasteiger partial charge in [-0.05, 0) is 39.5 Å². The van der Waals surface area contributed by atoms with E-state index in [0.29, 0.717) is 25.7 Å². The second-order valence-electron chi connectivity index (χ2n) is 7.75. The van der Waals surface area contributed by atoms with Crippen molar-refractivity contribution in [1.29, 1.82) is 0 Å². The first-order valence-electron chi connectivity index (χ1n) is 11.9. The summed E-state index contributed by atoms with van der Waals surface area (Å²) in [7, 11) is 0. The van der Waals surface area contributed by atoms with Crippen LogP contribution >= 0.6 is 0 Å². The topological polar surface area (TPSA) is 133 Å². The van der Waals surface area contributed by atoms with Gasteiger partial charge in [-0.2, -0.15) is 0 Å². The van der Waals surface area contributed by atoms with Crippen LogP contribution in [0.1, 0.15) is 107 Å². The van der Waals surface area contributed by atoms with Gasteiger partial charge in [-0.15, -0.1) is 0 Å². The third-order valence-corrected chi connectivity index (χ3v) is 6.87. The molecular weight excluding hydrogens is 464 g/mol. The van der Waals surface area contributed by atoms with Crippen LogP contribution in [0.4, 0.5) is 0 Å². The predicted molar refractivity (Wildman–Crippen MR) is 119 cm³/mol. The zero-order valence-electron chi connectivity index (χ0n) is 21.8. The SMILES string of the molecule is CCC(CC)(C(C)=O)C(=O)[O-].CCC(CC)(C(C)=O)C(=O)[O-].CCCC[O][Ti+2][O]CCCC. The number of ketones is 2. The molecule has 0 rings (SSSR count). The maximum atomic E-state index is 10.9. The summed E-state index contributed by atoms with van der Waals surface area (Å²) in [6, 6.07) is 0. The van der Waals surface area contributed by atoms with Gasteiger partial charge in [0.25, 0.3) is 0 Å². The Kier molecular flexibility index (Phi) is 23.7. The molecular formula is C24H44O8Ti. The molecule has 9 heteroatoms. The van der Waals surface area contributed by atoms with Crippen molar-refractivity contribution in [1.82, 2.24) is 0 Å². The molecule has 0 N–H and O–H groups in total. The van der Waals surface area contributed by atoms with Gasteiger partial charge >= 0.3 is 79.3 Å². The van der Waals surface area contributed by atoms with Gasteiger partial charge in [-0.3, -0.25) is 9.59 Å². The summed E-state index contributed by atoms with van der Waals surface area (Å²) >= 11 is -0.519. The van der Waals surface area contributed by atoms with Crippen molar-refractivity contribution >= 4 is 23.5 Å². The Labute approximate surface area is 210 Å². The number of carbonyl (C=O) groups is 4. The number of carbonyl (C=O) groups excluding carboxylic acids is 4. The van der Waals surface area contributed by atoms with Gasteiger partial charge < -0.3 is 19.8 Å². The summed E-state index contributed by atoms with van der Waals surface area (Å²) in [5, 5.41) is 21.2. The van der Waals surface area contributed by atoms with E-state index in [1.165, 1.54) is 39.5 Å². The number of unbranched alkanes of at least 4 members (excludes halogenated alkanes) is 2. The van der Waals surface area contributed by atoms with Crippen molar-refractivity contribution in [3.63, 3.8) is 0 Å². The molecule has 0 bridgehead atoms. The molecule has 0 spiro atoms. The van der Waals surface area contributed by atoms with Crippen molar-refractivity contribution in [2.45, 2.75) is 107 Å². The minimum absolute atomic E-state index is 0.307. The quantitative estimate of drug-likeness (QED) is 0.177. The third-order valence-electron chi connectivity index (χ3n) is 5.86. The number of rotatable bonds is 16. The molecule has 8 nitrogen and oxygen atoms in total. The molecule has 192 valence electrons. The predicted octanol–water partition coefficient (Wildman–Crippen LogP) is 2.80. The van der Waals surface area contributed by atoms with Crippen LogP contribution in [-0.4, -0.2) is 36.7 Å². The summed E-state index contributed by atoms with van der Waals surface area (Å²) in [6.45, 7) is 15.4. The molecule has 0 aromatic heterocycles. The first-order valence-corrected chi connectivity index (χ1v) is 13.1. The Bertz CT molecular complexity index is 475. The number of carboxylic acids is 2. The molecule has 0 aromatic carbocycles. The average Bonchev–Trinajstić information content (AvgIpc) is 2.76. The molecule has 0 fully saturated rings. The van der Waals surface area contributed by atoms with Gasteiger partial charge in [-0.25, -0.2) is 0 Å². The Morgan fingerprint density at radius 3 is 1.03 bits per heavy atom. The molecule has 0 aromatic rings. The molecule has 0 heterocycles. The third kappa shape index (κ3) is 14.0. The molecule has 0 unspecified atom stereocenters. The van der Waals surface area contributed by atoms with E-state index in [4.69, 9.17) is 6.64 Å². The van der Waals surface area contributed by atoms with Crippen LogP contribution < -0.4 is 10.2 Å². The van der Waals surface area contributed by atoms with E-state index < -0.39 is 42.7 Å². The zero-order valence-corrected chi connectivity index (χ0v) is 23.4. The summed E-state index contributed by atoms with van der Waals surface area (Å²) in [6.07, 6.45) is 5.98. The van der Waals surface area contributed by atoms with E-state index in [1.54, 1.807) is 27.7 Å². The summed E-state index contributed by atoms with van der Waals surface area (Å²) < 4.78 is 10.6. The number of aliphatic carboxylic acids is 2. The molecule has 0 atom stereocenters. The Morgan fingerprint density at radius 2 is 0.909 bits per heavy atom. The fraction of sp³-hybridized carbons (Fsp3) is 0.833. The van der Waals surface area contributed by atoms with Gasteiger partial charge in [-0.1, -0.05) is 27.7 Å². The van der Waals surface area contributed by atoms with Gasteiger partial charge in [0.05, 0.1) is 22.8 Å².